The van der Waals surface area contributed by atoms with Gasteiger partial charge in [0.15, 0.2) is 0 Å². The highest BCUT2D eigenvalue weighted by atomic mass is 32.1. The highest BCUT2D eigenvalue weighted by Crippen LogP contribution is 2.37. The van der Waals surface area contributed by atoms with Crippen molar-refractivity contribution in [3.05, 3.63) is 72.8 Å². The molecule has 3 aromatic carbocycles. The maximum absolute atomic E-state index is 4.35. The zero-order valence-corrected chi connectivity index (χ0v) is 12.0. The number of aromatic nitrogens is 2. The normalized spacial score (nSPS) is 10.9. The quantitative estimate of drug-likeness (QED) is 0.517. The van der Waals surface area contributed by atoms with E-state index in [9.17, 15) is 0 Å². The first-order valence-electron chi connectivity index (χ1n) is 6.79. The van der Waals surface area contributed by atoms with Crippen LogP contribution in [0, 0.1) is 0 Å². The lowest BCUT2D eigenvalue weighted by Gasteiger charge is -2.10. The van der Waals surface area contributed by atoms with Crippen LogP contribution < -0.4 is 0 Å². The van der Waals surface area contributed by atoms with Crippen molar-refractivity contribution in [3.8, 4) is 22.3 Å². The van der Waals surface area contributed by atoms with Crippen LogP contribution in [0.15, 0.2) is 72.8 Å². The van der Waals surface area contributed by atoms with E-state index in [2.05, 4.69) is 70.3 Å². The van der Waals surface area contributed by atoms with Gasteiger partial charge < -0.3 is 0 Å². The molecule has 0 bridgehead atoms. The molecule has 0 radical (unpaired) electrons. The summed E-state index contributed by atoms with van der Waals surface area (Å²) in [6, 6.07) is 25.1. The lowest BCUT2D eigenvalue weighted by Crippen LogP contribution is -1.87. The molecule has 0 fully saturated rings. The summed E-state index contributed by atoms with van der Waals surface area (Å²) < 4.78 is 5.23. The third-order valence-corrected chi connectivity index (χ3v) is 4.26. The van der Waals surface area contributed by atoms with Crippen molar-refractivity contribution in [2.75, 3.05) is 0 Å². The van der Waals surface area contributed by atoms with Crippen molar-refractivity contribution >= 4 is 21.7 Å². The average Bonchev–Trinajstić information content (AvgIpc) is 3.04. The summed E-state index contributed by atoms with van der Waals surface area (Å²) in [4.78, 5) is 0. The van der Waals surface area contributed by atoms with Crippen LogP contribution in [-0.2, 0) is 0 Å². The first-order chi connectivity index (χ1) is 10.4. The Labute approximate surface area is 126 Å². The SMILES string of the molecule is c1ccc(-c2ccc3snnc3c2-c2ccccc2)cc1. The predicted octanol–water partition coefficient (Wildman–Crippen LogP) is 5.03. The van der Waals surface area contributed by atoms with E-state index in [1.54, 1.807) is 0 Å². The van der Waals surface area contributed by atoms with Gasteiger partial charge in [0.1, 0.15) is 5.52 Å². The van der Waals surface area contributed by atoms with Crippen molar-refractivity contribution < 1.29 is 0 Å². The van der Waals surface area contributed by atoms with Gasteiger partial charge in [-0.15, -0.1) is 5.10 Å². The van der Waals surface area contributed by atoms with Crippen molar-refractivity contribution in [2.45, 2.75) is 0 Å². The Kier molecular flexibility index (Phi) is 2.98. The number of benzene rings is 3. The number of hydrogen-bond donors (Lipinski definition) is 0. The predicted molar refractivity (Wildman–Crippen MR) is 88.3 cm³/mol. The molecular formula is C18H12N2S. The fourth-order valence-corrected chi connectivity index (χ4v) is 3.17. The Balaban J connectivity index is 2.08. The van der Waals surface area contributed by atoms with Crippen LogP contribution in [0.4, 0.5) is 0 Å². The van der Waals surface area contributed by atoms with E-state index in [0.717, 1.165) is 15.8 Å². The Bertz CT molecular complexity index is 883. The van der Waals surface area contributed by atoms with Gasteiger partial charge in [-0.05, 0) is 34.3 Å². The smallest absolute Gasteiger partial charge is 0.114 e. The molecule has 2 nitrogen and oxygen atoms in total. The molecule has 0 aliphatic heterocycles. The van der Waals surface area contributed by atoms with Crippen LogP contribution in [0.5, 0.6) is 0 Å². The van der Waals surface area contributed by atoms with Crippen molar-refractivity contribution in [1.82, 2.24) is 9.59 Å². The zero-order valence-electron chi connectivity index (χ0n) is 11.2. The van der Waals surface area contributed by atoms with Gasteiger partial charge in [-0.2, -0.15) is 0 Å². The van der Waals surface area contributed by atoms with Crippen molar-refractivity contribution in [3.63, 3.8) is 0 Å². The van der Waals surface area contributed by atoms with Gasteiger partial charge in [0.05, 0.1) is 4.70 Å². The number of rotatable bonds is 2. The molecule has 0 amide bonds. The molecule has 0 unspecified atom stereocenters. The second-order valence-corrected chi connectivity index (χ2v) is 5.63. The van der Waals surface area contributed by atoms with E-state index in [1.807, 2.05) is 12.1 Å². The summed E-state index contributed by atoms with van der Waals surface area (Å²) in [5.41, 5.74) is 5.71. The van der Waals surface area contributed by atoms with E-state index in [1.165, 1.54) is 28.2 Å². The summed E-state index contributed by atoms with van der Waals surface area (Å²) in [6.07, 6.45) is 0. The molecule has 0 saturated heterocycles. The third-order valence-electron chi connectivity index (χ3n) is 3.57. The number of nitrogens with zero attached hydrogens (tertiary/aromatic N) is 2. The Morgan fingerprint density at radius 2 is 1.33 bits per heavy atom. The fourth-order valence-electron chi connectivity index (χ4n) is 2.61. The van der Waals surface area contributed by atoms with Crippen LogP contribution in [-0.4, -0.2) is 9.59 Å². The van der Waals surface area contributed by atoms with E-state index >= 15 is 0 Å². The van der Waals surface area contributed by atoms with Gasteiger partial charge in [-0.1, -0.05) is 71.2 Å². The Morgan fingerprint density at radius 3 is 2.05 bits per heavy atom. The fraction of sp³-hybridized carbons (Fsp3) is 0. The minimum atomic E-state index is 0.979. The summed E-state index contributed by atoms with van der Waals surface area (Å²) in [5, 5.41) is 4.35. The second kappa shape index (κ2) is 5.11. The lowest BCUT2D eigenvalue weighted by atomic mass is 9.94. The highest BCUT2D eigenvalue weighted by molar-refractivity contribution is 7.13. The van der Waals surface area contributed by atoms with E-state index in [-0.39, 0.29) is 0 Å². The van der Waals surface area contributed by atoms with Gasteiger partial charge >= 0.3 is 0 Å². The maximum Gasteiger partial charge on any atom is 0.114 e. The summed E-state index contributed by atoms with van der Waals surface area (Å²) >= 11 is 1.44. The van der Waals surface area contributed by atoms with Crippen LogP contribution in [0.25, 0.3) is 32.5 Å². The van der Waals surface area contributed by atoms with Crippen molar-refractivity contribution in [1.29, 1.82) is 0 Å². The zero-order chi connectivity index (χ0) is 14.1. The monoisotopic (exact) mass is 288 g/mol. The maximum atomic E-state index is 4.35. The molecule has 1 aromatic heterocycles. The molecule has 4 aromatic rings. The summed E-state index contributed by atoms with van der Waals surface area (Å²) in [7, 11) is 0. The first kappa shape index (κ1) is 12.2. The molecule has 0 N–H and O–H groups in total. The van der Waals surface area contributed by atoms with Gasteiger partial charge in [0.25, 0.3) is 0 Å². The minimum Gasteiger partial charge on any atom is -0.137 e. The van der Waals surface area contributed by atoms with E-state index < -0.39 is 0 Å². The molecule has 3 heteroatoms. The standard InChI is InChI=1S/C18H12N2S/c1-3-7-13(8-4-1)15-11-12-16-18(19-20-21-16)17(15)14-9-5-2-6-10-14/h1-12H. The largest absolute Gasteiger partial charge is 0.137 e. The molecule has 0 spiro atoms. The summed E-state index contributed by atoms with van der Waals surface area (Å²) in [6.45, 7) is 0. The molecule has 0 atom stereocenters. The molecule has 0 saturated carbocycles. The number of hydrogen-bond acceptors (Lipinski definition) is 3. The number of fused-ring (bicyclic) bond motifs is 1. The molecule has 1 heterocycles. The van der Waals surface area contributed by atoms with E-state index in [4.69, 9.17) is 0 Å². The van der Waals surface area contributed by atoms with Crippen LogP contribution >= 0.6 is 11.5 Å². The van der Waals surface area contributed by atoms with Gasteiger partial charge in [0.2, 0.25) is 0 Å². The molecule has 4 rings (SSSR count). The lowest BCUT2D eigenvalue weighted by molar-refractivity contribution is 1.20. The first-order valence-corrected chi connectivity index (χ1v) is 7.57. The average molecular weight is 288 g/mol. The Morgan fingerprint density at radius 1 is 0.667 bits per heavy atom. The van der Waals surface area contributed by atoms with Gasteiger partial charge in [-0.3, -0.25) is 0 Å². The molecule has 100 valence electrons. The Hall–Kier alpha value is -2.52. The third kappa shape index (κ3) is 2.12. The topological polar surface area (TPSA) is 25.8 Å². The second-order valence-electron chi connectivity index (χ2n) is 4.84. The van der Waals surface area contributed by atoms with Crippen molar-refractivity contribution in [2.24, 2.45) is 0 Å². The van der Waals surface area contributed by atoms with Gasteiger partial charge in [0, 0.05) is 5.56 Å². The molecular weight excluding hydrogens is 276 g/mol. The summed E-state index contributed by atoms with van der Waals surface area (Å²) in [5.74, 6) is 0. The van der Waals surface area contributed by atoms with E-state index in [0.29, 0.717) is 0 Å². The molecule has 21 heavy (non-hydrogen) atoms. The highest BCUT2D eigenvalue weighted by Gasteiger charge is 2.13. The van der Waals surface area contributed by atoms with Crippen LogP contribution in [0.3, 0.4) is 0 Å². The van der Waals surface area contributed by atoms with Crippen LogP contribution in [0.2, 0.25) is 0 Å². The minimum absolute atomic E-state index is 0.979. The molecule has 0 aliphatic rings. The van der Waals surface area contributed by atoms with Crippen LogP contribution in [0.1, 0.15) is 0 Å². The van der Waals surface area contributed by atoms with Gasteiger partial charge in [-0.25, -0.2) is 0 Å². The molecule has 0 aliphatic carbocycles.